The number of hydrogen-bond donors (Lipinski definition) is 0. The summed E-state index contributed by atoms with van der Waals surface area (Å²) in [5, 5.41) is 0. The molecule has 0 N–H and O–H groups in total. The quantitative estimate of drug-likeness (QED) is 0.513. The lowest BCUT2D eigenvalue weighted by atomic mass is 9.99. The number of hydrogen-bond acceptors (Lipinski definition) is 7. The fraction of sp³-hybridized carbons (Fsp3) is 0.444. The van der Waals surface area contributed by atoms with E-state index in [1.165, 1.54) is 5.57 Å². The first-order valence-electron chi connectivity index (χ1n) is 11.9. The highest BCUT2D eigenvalue weighted by Crippen LogP contribution is 2.33. The van der Waals surface area contributed by atoms with Crippen LogP contribution in [0.2, 0.25) is 0 Å². The predicted octanol–water partition coefficient (Wildman–Crippen LogP) is 4.92. The third-order valence-electron chi connectivity index (χ3n) is 6.31. The van der Waals surface area contributed by atoms with E-state index in [0.717, 1.165) is 42.9 Å². The summed E-state index contributed by atoms with van der Waals surface area (Å²) < 4.78 is 17.2. The van der Waals surface area contributed by atoms with Crippen molar-refractivity contribution in [1.29, 1.82) is 0 Å². The van der Waals surface area contributed by atoms with Gasteiger partial charge in [-0.1, -0.05) is 18.2 Å². The van der Waals surface area contributed by atoms with Crippen molar-refractivity contribution in [3.63, 3.8) is 0 Å². The lowest BCUT2D eigenvalue weighted by molar-refractivity contribution is 0.135. The SMILES string of the molecule is CN=C(C)C1C=CC(N(CC2=CN=CC=CC2)c2ccc(OC)c(OC3CCOC3)n2)=CCC1. The average Bonchev–Trinajstić information content (AvgIpc) is 3.09. The molecule has 34 heavy (non-hydrogen) atoms. The molecule has 0 radical (unpaired) electrons. The van der Waals surface area contributed by atoms with Crippen molar-refractivity contribution in [2.75, 3.05) is 38.8 Å². The zero-order chi connectivity index (χ0) is 23.8. The Morgan fingerprint density at radius 2 is 2.21 bits per heavy atom. The van der Waals surface area contributed by atoms with E-state index >= 15 is 0 Å². The van der Waals surface area contributed by atoms with Gasteiger partial charge in [0.2, 0.25) is 0 Å². The highest BCUT2D eigenvalue weighted by atomic mass is 16.6. The van der Waals surface area contributed by atoms with E-state index in [4.69, 9.17) is 19.2 Å². The molecule has 1 aliphatic carbocycles. The Bertz CT molecular complexity index is 1030. The van der Waals surface area contributed by atoms with E-state index in [1.54, 1.807) is 7.11 Å². The summed E-state index contributed by atoms with van der Waals surface area (Å²) in [7, 11) is 3.50. The first-order chi connectivity index (χ1) is 16.7. The second kappa shape index (κ2) is 11.8. The Morgan fingerprint density at radius 1 is 1.29 bits per heavy atom. The topological polar surface area (TPSA) is 68.5 Å². The van der Waals surface area contributed by atoms with Crippen molar-refractivity contribution < 1.29 is 14.2 Å². The van der Waals surface area contributed by atoms with Crippen molar-refractivity contribution in [2.45, 2.75) is 38.7 Å². The van der Waals surface area contributed by atoms with Gasteiger partial charge in [-0.2, -0.15) is 4.98 Å². The van der Waals surface area contributed by atoms with Gasteiger partial charge < -0.3 is 19.1 Å². The van der Waals surface area contributed by atoms with E-state index in [1.807, 2.05) is 37.7 Å². The Labute approximate surface area is 202 Å². The molecule has 0 amide bonds. The molecule has 3 aliphatic rings. The zero-order valence-electron chi connectivity index (χ0n) is 20.3. The van der Waals surface area contributed by atoms with Gasteiger partial charge in [-0.3, -0.25) is 9.98 Å². The van der Waals surface area contributed by atoms with Crippen LogP contribution >= 0.6 is 0 Å². The summed E-state index contributed by atoms with van der Waals surface area (Å²) in [6.07, 6.45) is 18.3. The Morgan fingerprint density at radius 3 is 3.00 bits per heavy atom. The standard InChI is InChI=1S/C27H34N4O3/c1-20(28-2)22-8-6-9-23(11-10-22)31(18-21-7-4-5-15-29-17-21)26-13-12-25(32-3)27(30-26)34-24-14-16-33-19-24/h4-5,9-13,15,17,22,24H,6-8,14,16,18-19H2,1-3H3. The Balaban J connectivity index is 1.67. The van der Waals surface area contributed by atoms with Crippen LogP contribution in [0.3, 0.4) is 0 Å². The Hall–Kier alpha value is -3.19. The molecule has 2 unspecified atom stereocenters. The summed E-state index contributed by atoms with van der Waals surface area (Å²) in [6, 6.07) is 3.92. The summed E-state index contributed by atoms with van der Waals surface area (Å²) in [5.41, 5.74) is 3.47. The number of allylic oxidation sites excluding steroid dienone is 5. The van der Waals surface area contributed by atoms with E-state index in [-0.39, 0.29) is 6.10 Å². The van der Waals surface area contributed by atoms with Crippen LogP contribution in [0.4, 0.5) is 5.82 Å². The highest BCUT2D eigenvalue weighted by molar-refractivity contribution is 5.86. The molecule has 2 aliphatic heterocycles. The van der Waals surface area contributed by atoms with Crippen molar-refractivity contribution >= 4 is 17.7 Å². The number of aromatic nitrogens is 1. The van der Waals surface area contributed by atoms with Crippen LogP contribution in [0.5, 0.6) is 11.6 Å². The van der Waals surface area contributed by atoms with Crippen LogP contribution in [0.15, 0.2) is 70.0 Å². The smallest absolute Gasteiger partial charge is 0.259 e. The summed E-state index contributed by atoms with van der Waals surface area (Å²) in [6.45, 7) is 4.05. The summed E-state index contributed by atoms with van der Waals surface area (Å²) >= 11 is 0. The maximum absolute atomic E-state index is 6.18. The molecule has 4 rings (SSSR count). The van der Waals surface area contributed by atoms with Crippen molar-refractivity contribution in [3.8, 4) is 11.6 Å². The normalized spacial score (nSPS) is 22.6. The third-order valence-corrected chi connectivity index (χ3v) is 6.31. The molecule has 2 atom stereocenters. The van der Waals surface area contributed by atoms with Crippen LogP contribution in [0, 0.1) is 5.92 Å². The van der Waals surface area contributed by atoms with Crippen molar-refractivity contribution in [1.82, 2.24) is 4.98 Å². The molecule has 7 heteroatoms. The van der Waals surface area contributed by atoms with Crippen LogP contribution in [-0.2, 0) is 4.74 Å². The summed E-state index contributed by atoms with van der Waals surface area (Å²) in [4.78, 5) is 15.9. The lowest BCUT2D eigenvalue weighted by Crippen LogP contribution is -2.26. The number of ether oxygens (including phenoxy) is 3. The number of methoxy groups -OCH3 is 1. The minimum absolute atomic E-state index is 0.0109. The van der Waals surface area contributed by atoms with Gasteiger partial charge in [-0.15, -0.1) is 0 Å². The maximum atomic E-state index is 6.18. The van der Waals surface area contributed by atoms with E-state index in [9.17, 15) is 0 Å². The molecule has 1 aromatic heterocycles. The molecule has 1 fully saturated rings. The van der Waals surface area contributed by atoms with Gasteiger partial charge in [0.25, 0.3) is 5.88 Å². The highest BCUT2D eigenvalue weighted by Gasteiger charge is 2.23. The monoisotopic (exact) mass is 462 g/mol. The van der Waals surface area contributed by atoms with Crippen LogP contribution < -0.4 is 14.4 Å². The van der Waals surface area contributed by atoms with Crippen molar-refractivity contribution in [2.24, 2.45) is 15.9 Å². The molecule has 0 bridgehead atoms. The van der Waals surface area contributed by atoms with Crippen molar-refractivity contribution in [3.05, 3.63) is 60.0 Å². The molecule has 3 heterocycles. The van der Waals surface area contributed by atoms with Crippen LogP contribution in [0.25, 0.3) is 0 Å². The molecule has 1 saturated heterocycles. The number of aliphatic imine (C=N–C) groups is 2. The molecule has 180 valence electrons. The van der Waals surface area contributed by atoms with Gasteiger partial charge in [-0.25, -0.2) is 0 Å². The van der Waals surface area contributed by atoms with Crippen LogP contribution in [-0.4, -0.2) is 56.9 Å². The minimum Gasteiger partial charge on any atom is -0.491 e. The van der Waals surface area contributed by atoms with E-state index in [2.05, 4.69) is 46.1 Å². The van der Waals surface area contributed by atoms with Gasteiger partial charge in [0.1, 0.15) is 11.9 Å². The van der Waals surface area contributed by atoms with E-state index in [0.29, 0.717) is 37.3 Å². The molecule has 0 aromatic carbocycles. The molecule has 0 spiro atoms. The molecular formula is C27H34N4O3. The largest absolute Gasteiger partial charge is 0.491 e. The van der Waals surface area contributed by atoms with Gasteiger partial charge in [0.15, 0.2) is 5.75 Å². The zero-order valence-corrected chi connectivity index (χ0v) is 20.3. The van der Waals surface area contributed by atoms with Crippen LogP contribution in [0.1, 0.15) is 32.6 Å². The fourth-order valence-electron chi connectivity index (χ4n) is 4.22. The minimum atomic E-state index is -0.0109. The first kappa shape index (κ1) is 24.0. The second-order valence-corrected chi connectivity index (χ2v) is 8.62. The Kier molecular flexibility index (Phi) is 8.31. The van der Waals surface area contributed by atoms with Gasteiger partial charge in [-0.05, 0) is 56.0 Å². The molecule has 1 aromatic rings. The molecule has 7 nitrogen and oxygen atoms in total. The fourth-order valence-corrected chi connectivity index (χ4v) is 4.22. The number of rotatable bonds is 8. The van der Waals surface area contributed by atoms with Gasteiger partial charge >= 0.3 is 0 Å². The van der Waals surface area contributed by atoms with Gasteiger partial charge in [0, 0.05) is 49.8 Å². The predicted molar refractivity (Wildman–Crippen MR) is 137 cm³/mol. The summed E-state index contributed by atoms with van der Waals surface area (Å²) in [5.74, 6) is 2.27. The number of pyridine rings is 1. The average molecular weight is 463 g/mol. The molecular weight excluding hydrogens is 428 g/mol. The first-order valence-corrected chi connectivity index (χ1v) is 11.9. The third kappa shape index (κ3) is 6.03. The number of anilines is 1. The number of nitrogens with zero attached hydrogens (tertiary/aromatic N) is 4. The lowest BCUT2D eigenvalue weighted by Gasteiger charge is -2.27. The maximum Gasteiger partial charge on any atom is 0.259 e. The van der Waals surface area contributed by atoms with Gasteiger partial charge in [0.05, 0.1) is 20.3 Å². The van der Waals surface area contributed by atoms with E-state index < -0.39 is 0 Å². The second-order valence-electron chi connectivity index (χ2n) is 8.62. The molecule has 0 saturated carbocycles.